The van der Waals surface area contributed by atoms with E-state index in [1.807, 2.05) is 30.3 Å². The monoisotopic (exact) mass is 272 g/mol. The summed E-state index contributed by atoms with van der Waals surface area (Å²) in [5.41, 5.74) is 2.63. The number of aromatic nitrogens is 1. The van der Waals surface area contributed by atoms with Crippen molar-refractivity contribution >= 4 is 11.7 Å². The predicted octanol–water partition coefficient (Wildman–Crippen LogP) is 2.33. The van der Waals surface area contributed by atoms with Crippen molar-refractivity contribution in [1.29, 1.82) is 0 Å². The Morgan fingerprint density at radius 3 is 2.60 bits per heavy atom. The van der Waals surface area contributed by atoms with Crippen LogP contribution in [0.5, 0.6) is 5.88 Å². The number of hydrogen-bond acceptors (Lipinski definition) is 4. The van der Waals surface area contributed by atoms with Crippen LogP contribution < -0.4 is 10.1 Å². The first kappa shape index (κ1) is 13.9. The minimum atomic E-state index is -0.830. The highest BCUT2D eigenvalue weighted by Gasteiger charge is 2.06. The first-order valence-electron chi connectivity index (χ1n) is 6.21. The van der Waals surface area contributed by atoms with Gasteiger partial charge >= 0.3 is 5.97 Å². The standard InChI is InChI=1S/C15H16N2O3/c1-20-14-7-6-13(10-17-14)16-9-12-5-3-2-4-11(12)8-15(18)19/h2-7,10,16H,8-9H2,1H3,(H,18,19). The van der Waals surface area contributed by atoms with Crippen LogP contribution >= 0.6 is 0 Å². The number of anilines is 1. The van der Waals surface area contributed by atoms with Crippen LogP contribution in [0.25, 0.3) is 0 Å². The summed E-state index contributed by atoms with van der Waals surface area (Å²) in [5, 5.41) is 12.1. The second-order valence-corrected chi connectivity index (χ2v) is 4.28. The molecule has 1 aromatic carbocycles. The van der Waals surface area contributed by atoms with E-state index in [0.717, 1.165) is 16.8 Å². The van der Waals surface area contributed by atoms with Crippen LogP contribution in [0.15, 0.2) is 42.6 Å². The lowest BCUT2D eigenvalue weighted by atomic mass is 10.0. The molecule has 0 atom stereocenters. The fourth-order valence-electron chi connectivity index (χ4n) is 1.87. The maximum Gasteiger partial charge on any atom is 0.307 e. The van der Waals surface area contributed by atoms with E-state index in [1.54, 1.807) is 19.4 Å². The third-order valence-electron chi connectivity index (χ3n) is 2.89. The zero-order chi connectivity index (χ0) is 14.4. The quantitative estimate of drug-likeness (QED) is 0.844. The first-order valence-corrected chi connectivity index (χ1v) is 6.21. The van der Waals surface area contributed by atoms with Gasteiger partial charge < -0.3 is 15.2 Å². The molecular weight excluding hydrogens is 256 g/mol. The van der Waals surface area contributed by atoms with Crippen LogP contribution in [0.4, 0.5) is 5.69 Å². The van der Waals surface area contributed by atoms with E-state index in [-0.39, 0.29) is 6.42 Å². The van der Waals surface area contributed by atoms with E-state index in [0.29, 0.717) is 12.4 Å². The number of carboxylic acids is 1. The Kier molecular flexibility index (Phi) is 4.55. The summed E-state index contributed by atoms with van der Waals surface area (Å²) in [4.78, 5) is 14.9. The maximum atomic E-state index is 10.8. The highest BCUT2D eigenvalue weighted by atomic mass is 16.5. The Bertz CT molecular complexity index is 582. The topological polar surface area (TPSA) is 71.5 Å². The number of nitrogens with zero attached hydrogens (tertiary/aromatic N) is 1. The lowest BCUT2D eigenvalue weighted by molar-refractivity contribution is -0.136. The van der Waals surface area contributed by atoms with Crippen molar-refractivity contribution in [3.63, 3.8) is 0 Å². The molecule has 0 bridgehead atoms. The van der Waals surface area contributed by atoms with Gasteiger partial charge in [0, 0.05) is 12.6 Å². The third kappa shape index (κ3) is 3.71. The molecule has 0 aliphatic carbocycles. The molecule has 20 heavy (non-hydrogen) atoms. The predicted molar refractivity (Wildman–Crippen MR) is 75.9 cm³/mol. The number of aliphatic carboxylic acids is 1. The summed E-state index contributed by atoms with van der Waals surface area (Å²) in [6.45, 7) is 0.553. The van der Waals surface area contributed by atoms with Gasteiger partial charge in [0.1, 0.15) is 0 Å². The van der Waals surface area contributed by atoms with Crippen LogP contribution in [0, 0.1) is 0 Å². The van der Waals surface area contributed by atoms with Crippen LogP contribution in [-0.4, -0.2) is 23.2 Å². The fourth-order valence-corrected chi connectivity index (χ4v) is 1.87. The van der Waals surface area contributed by atoms with Gasteiger partial charge in [-0.25, -0.2) is 4.98 Å². The molecule has 0 saturated heterocycles. The molecule has 0 aliphatic heterocycles. The lowest BCUT2D eigenvalue weighted by Gasteiger charge is -2.10. The Hall–Kier alpha value is -2.56. The first-order chi connectivity index (χ1) is 9.69. The smallest absolute Gasteiger partial charge is 0.307 e. The summed E-state index contributed by atoms with van der Waals surface area (Å²) in [6.07, 6.45) is 1.71. The van der Waals surface area contributed by atoms with Gasteiger partial charge in [0.25, 0.3) is 0 Å². The molecule has 0 spiro atoms. The molecule has 0 aliphatic rings. The average molecular weight is 272 g/mol. The Balaban J connectivity index is 2.04. The largest absolute Gasteiger partial charge is 0.481 e. The van der Waals surface area contributed by atoms with Crippen molar-refractivity contribution in [3.8, 4) is 5.88 Å². The van der Waals surface area contributed by atoms with Crippen molar-refractivity contribution in [2.45, 2.75) is 13.0 Å². The number of carboxylic acid groups (broad SMARTS) is 1. The van der Waals surface area contributed by atoms with E-state index in [4.69, 9.17) is 9.84 Å². The highest BCUT2D eigenvalue weighted by Crippen LogP contribution is 2.15. The molecule has 0 unspecified atom stereocenters. The summed E-state index contributed by atoms with van der Waals surface area (Å²) < 4.78 is 4.99. The molecule has 0 amide bonds. The SMILES string of the molecule is COc1ccc(NCc2ccccc2CC(=O)O)cn1. The van der Waals surface area contributed by atoms with Gasteiger partial charge in [0.05, 0.1) is 25.4 Å². The molecule has 2 aromatic rings. The average Bonchev–Trinajstić information content (AvgIpc) is 2.46. The molecule has 0 saturated carbocycles. The second kappa shape index (κ2) is 6.56. The van der Waals surface area contributed by atoms with Gasteiger partial charge in [-0.1, -0.05) is 24.3 Å². The van der Waals surface area contributed by atoms with E-state index in [2.05, 4.69) is 10.3 Å². The summed E-state index contributed by atoms with van der Waals surface area (Å²) in [5.74, 6) is -0.273. The van der Waals surface area contributed by atoms with Crippen molar-refractivity contribution in [1.82, 2.24) is 4.98 Å². The number of nitrogens with one attached hydrogen (secondary N) is 1. The fraction of sp³-hybridized carbons (Fsp3) is 0.200. The molecule has 2 rings (SSSR count). The number of benzene rings is 1. The summed E-state index contributed by atoms with van der Waals surface area (Å²) in [7, 11) is 1.57. The number of rotatable bonds is 6. The number of methoxy groups -OCH3 is 1. The molecule has 104 valence electrons. The van der Waals surface area contributed by atoms with Crippen LogP contribution in [-0.2, 0) is 17.8 Å². The van der Waals surface area contributed by atoms with E-state index < -0.39 is 5.97 Å². The van der Waals surface area contributed by atoms with Gasteiger partial charge in [0.15, 0.2) is 0 Å². The Morgan fingerprint density at radius 1 is 1.25 bits per heavy atom. The van der Waals surface area contributed by atoms with E-state index >= 15 is 0 Å². The zero-order valence-corrected chi connectivity index (χ0v) is 11.2. The normalized spacial score (nSPS) is 10.1. The van der Waals surface area contributed by atoms with Crippen molar-refractivity contribution in [2.75, 3.05) is 12.4 Å². The molecule has 0 fully saturated rings. The minimum Gasteiger partial charge on any atom is -0.481 e. The van der Waals surface area contributed by atoms with E-state index in [1.165, 1.54) is 0 Å². The summed E-state index contributed by atoms with van der Waals surface area (Å²) in [6, 6.07) is 11.1. The van der Waals surface area contributed by atoms with Gasteiger partial charge in [-0.3, -0.25) is 4.79 Å². The molecule has 1 heterocycles. The second-order valence-electron chi connectivity index (χ2n) is 4.28. The maximum absolute atomic E-state index is 10.8. The van der Waals surface area contributed by atoms with Crippen molar-refractivity contribution in [3.05, 3.63) is 53.7 Å². The van der Waals surface area contributed by atoms with Gasteiger partial charge in [-0.05, 0) is 17.2 Å². The third-order valence-corrected chi connectivity index (χ3v) is 2.89. The number of carbonyl (C=O) groups is 1. The lowest BCUT2D eigenvalue weighted by Crippen LogP contribution is -2.07. The summed E-state index contributed by atoms with van der Waals surface area (Å²) >= 11 is 0. The van der Waals surface area contributed by atoms with Crippen LogP contribution in [0.3, 0.4) is 0 Å². The number of ether oxygens (including phenoxy) is 1. The van der Waals surface area contributed by atoms with Crippen molar-refractivity contribution < 1.29 is 14.6 Å². The van der Waals surface area contributed by atoms with Crippen LogP contribution in [0.2, 0.25) is 0 Å². The van der Waals surface area contributed by atoms with Crippen LogP contribution in [0.1, 0.15) is 11.1 Å². The van der Waals surface area contributed by atoms with Gasteiger partial charge in [0.2, 0.25) is 5.88 Å². The highest BCUT2D eigenvalue weighted by molar-refractivity contribution is 5.70. The molecule has 5 heteroatoms. The molecule has 1 aromatic heterocycles. The molecular formula is C15H16N2O3. The zero-order valence-electron chi connectivity index (χ0n) is 11.2. The van der Waals surface area contributed by atoms with Gasteiger partial charge in [-0.2, -0.15) is 0 Å². The number of hydrogen-bond donors (Lipinski definition) is 2. The number of pyridine rings is 1. The molecule has 5 nitrogen and oxygen atoms in total. The molecule has 0 radical (unpaired) electrons. The Labute approximate surface area is 117 Å². The minimum absolute atomic E-state index is 0.0265. The van der Waals surface area contributed by atoms with Gasteiger partial charge in [-0.15, -0.1) is 0 Å². The van der Waals surface area contributed by atoms with Crippen molar-refractivity contribution in [2.24, 2.45) is 0 Å². The van der Waals surface area contributed by atoms with E-state index in [9.17, 15) is 4.79 Å². The molecule has 2 N–H and O–H groups in total. The Morgan fingerprint density at radius 2 is 2.00 bits per heavy atom.